The highest BCUT2D eigenvalue weighted by Gasteiger charge is 2.16. The Morgan fingerprint density at radius 3 is 2.27 bits per heavy atom. The van der Waals surface area contributed by atoms with Gasteiger partial charge in [-0.3, -0.25) is 0 Å². The summed E-state index contributed by atoms with van der Waals surface area (Å²) in [5.74, 6) is 0.846. The van der Waals surface area contributed by atoms with E-state index in [2.05, 4.69) is 26.1 Å². The van der Waals surface area contributed by atoms with Crippen molar-refractivity contribution in [2.75, 3.05) is 18.6 Å². The molecule has 0 bridgehead atoms. The Labute approximate surface area is 94.6 Å². The molecule has 0 radical (unpaired) electrons. The Balaban J connectivity index is 4.18. The lowest BCUT2D eigenvalue weighted by atomic mass is 10.0. The molecule has 4 heteroatoms. The Morgan fingerprint density at radius 1 is 1.27 bits per heavy atom. The van der Waals surface area contributed by atoms with Crippen molar-refractivity contribution < 1.29 is 8.42 Å². The summed E-state index contributed by atoms with van der Waals surface area (Å²) in [5.41, 5.74) is 0. The first-order valence-electron chi connectivity index (χ1n) is 5.80. The van der Waals surface area contributed by atoms with Gasteiger partial charge in [-0.1, -0.05) is 27.2 Å². The van der Waals surface area contributed by atoms with Crippen molar-refractivity contribution in [3.8, 4) is 0 Å². The van der Waals surface area contributed by atoms with Crippen molar-refractivity contribution in [1.82, 2.24) is 5.32 Å². The highest BCUT2D eigenvalue weighted by molar-refractivity contribution is 7.90. The molecule has 0 saturated carbocycles. The molecule has 0 spiro atoms. The zero-order valence-corrected chi connectivity index (χ0v) is 11.2. The van der Waals surface area contributed by atoms with Gasteiger partial charge in [0.15, 0.2) is 0 Å². The Bertz CT molecular complexity index is 249. The SMILES string of the molecule is CCCNC(CC(C)CC)CS(C)(=O)=O. The minimum absolute atomic E-state index is 0.120. The van der Waals surface area contributed by atoms with Gasteiger partial charge in [0, 0.05) is 12.3 Å². The molecule has 2 unspecified atom stereocenters. The normalized spacial score (nSPS) is 16.3. The predicted molar refractivity (Wildman–Crippen MR) is 65.9 cm³/mol. The maximum Gasteiger partial charge on any atom is 0.148 e. The first-order chi connectivity index (χ1) is 6.89. The highest BCUT2D eigenvalue weighted by atomic mass is 32.2. The van der Waals surface area contributed by atoms with Crippen LogP contribution in [0.15, 0.2) is 0 Å². The van der Waals surface area contributed by atoms with Crippen LogP contribution in [0.1, 0.15) is 40.0 Å². The molecule has 0 aliphatic heterocycles. The molecule has 0 aromatic rings. The minimum atomic E-state index is -2.87. The molecule has 0 aliphatic carbocycles. The smallest absolute Gasteiger partial charge is 0.148 e. The van der Waals surface area contributed by atoms with E-state index in [-0.39, 0.29) is 11.8 Å². The molecule has 0 heterocycles. The zero-order valence-electron chi connectivity index (χ0n) is 10.4. The van der Waals surface area contributed by atoms with Crippen molar-refractivity contribution in [3.05, 3.63) is 0 Å². The van der Waals surface area contributed by atoms with Crippen molar-refractivity contribution in [3.63, 3.8) is 0 Å². The molecule has 0 fully saturated rings. The molecule has 0 aromatic carbocycles. The monoisotopic (exact) mass is 235 g/mol. The van der Waals surface area contributed by atoms with Crippen molar-refractivity contribution in [2.24, 2.45) is 5.92 Å². The van der Waals surface area contributed by atoms with E-state index in [0.717, 1.165) is 25.8 Å². The number of hydrogen-bond acceptors (Lipinski definition) is 3. The maximum atomic E-state index is 11.2. The van der Waals surface area contributed by atoms with Gasteiger partial charge in [-0.2, -0.15) is 0 Å². The number of rotatable bonds is 8. The van der Waals surface area contributed by atoms with E-state index in [9.17, 15) is 8.42 Å². The summed E-state index contributed by atoms with van der Waals surface area (Å²) < 4.78 is 22.5. The molecule has 0 aromatic heterocycles. The zero-order chi connectivity index (χ0) is 11.9. The van der Waals surface area contributed by atoms with Gasteiger partial charge in [0.1, 0.15) is 9.84 Å². The van der Waals surface area contributed by atoms with Crippen LogP contribution in [0.4, 0.5) is 0 Å². The minimum Gasteiger partial charge on any atom is -0.313 e. The Kier molecular flexibility index (Phi) is 7.18. The van der Waals surface area contributed by atoms with Gasteiger partial charge in [0.05, 0.1) is 5.75 Å². The van der Waals surface area contributed by atoms with Gasteiger partial charge in [-0.15, -0.1) is 0 Å². The first kappa shape index (κ1) is 14.9. The lowest BCUT2D eigenvalue weighted by Gasteiger charge is -2.20. The van der Waals surface area contributed by atoms with E-state index < -0.39 is 9.84 Å². The van der Waals surface area contributed by atoms with Crippen LogP contribution in [-0.2, 0) is 9.84 Å². The molecule has 1 N–H and O–H groups in total. The standard InChI is InChI=1S/C11H25NO2S/c1-5-7-12-11(8-10(3)6-2)9-15(4,13)14/h10-12H,5-9H2,1-4H3. The third-order valence-electron chi connectivity index (χ3n) is 2.57. The van der Waals surface area contributed by atoms with Gasteiger partial charge in [-0.25, -0.2) is 8.42 Å². The molecule has 0 saturated heterocycles. The maximum absolute atomic E-state index is 11.2. The van der Waals surface area contributed by atoms with Gasteiger partial charge in [-0.05, 0) is 25.3 Å². The summed E-state index contributed by atoms with van der Waals surface area (Å²) >= 11 is 0. The third-order valence-corrected chi connectivity index (χ3v) is 3.58. The summed E-state index contributed by atoms with van der Waals surface area (Å²) in [6.07, 6.45) is 4.41. The summed E-state index contributed by atoms with van der Waals surface area (Å²) in [7, 11) is -2.87. The van der Waals surface area contributed by atoms with E-state index in [1.165, 1.54) is 6.26 Å². The van der Waals surface area contributed by atoms with Crippen LogP contribution < -0.4 is 5.32 Å². The number of nitrogens with one attached hydrogen (secondary N) is 1. The van der Waals surface area contributed by atoms with E-state index >= 15 is 0 Å². The quantitative estimate of drug-likeness (QED) is 0.698. The lowest BCUT2D eigenvalue weighted by Crippen LogP contribution is -2.37. The fourth-order valence-electron chi connectivity index (χ4n) is 1.58. The highest BCUT2D eigenvalue weighted by Crippen LogP contribution is 2.11. The largest absolute Gasteiger partial charge is 0.313 e. The topological polar surface area (TPSA) is 46.2 Å². The molecular weight excluding hydrogens is 210 g/mol. The second-order valence-corrected chi connectivity index (χ2v) is 6.68. The molecule has 0 aliphatic rings. The molecular formula is C11H25NO2S. The lowest BCUT2D eigenvalue weighted by molar-refractivity contribution is 0.413. The average molecular weight is 235 g/mol. The van der Waals surface area contributed by atoms with Crippen LogP contribution in [0.3, 0.4) is 0 Å². The van der Waals surface area contributed by atoms with Crippen LogP contribution in [0, 0.1) is 5.92 Å². The van der Waals surface area contributed by atoms with Gasteiger partial charge >= 0.3 is 0 Å². The molecule has 2 atom stereocenters. The van der Waals surface area contributed by atoms with Crippen LogP contribution in [0.5, 0.6) is 0 Å². The van der Waals surface area contributed by atoms with Crippen molar-refractivity contribution >= 4 is 9.84 Å². The number of hydrogen-bond donors (Lipinski definition) is 1. The average Bonchev–Trinajstić information content (AvgIpc) is 2.11. The second kappa shape index (κ2) is 7.23. The Morgan fingerprint density at radius 2 is 1.87 bits per heavy atom. The van der Waals surface area contributed by atoms with Gasteiger partial charge in [0.2, 0.25) is 0 Å². The first-order valence-corrected chi connectivity index (χ1v) is 7.86. The number of sulfone groups is 1. The summed E-state index contributed by atoms with van der Waals surface area (Å²) in [4.78, 5) is 0. The van der Waals surface area contributed by atoms with E-state index in [1.54, 1.807) is 0 Å². The fourth-order valence-corrected chi connectivity index (χ4v) is 2.56. The van der Waals surface area contributed by atoms with Crippen molar-refractivity contribution in [2.45, 2.75) is 46.1 Å². The molecule has 3 nitrogen and oxygen atoms in total. The third kappa shape index (κ3) is 8.88. The molecule has 92 valence electrons. The van der Waals surface area contributed by atoms with E-state index in [1.807, 2.05) is 0 Å². The van der Waals surface area contributed by atoms with E-state index in [4.69, 9.17) is 0 Å². The van der Waals surface area contributed by atoms with Crippen LogP contribution >= 0.6 is 0 Å². The molecule has 0 rings (SSSR count). The molecule has 15 heavy (non-hydrogen) atoms. The van der Waals surface area contributed by atoms with Gasteiger partial charge in [0.25, 0.3) is 0 Å². The van der Waals surface area contributed by atoms with E-state index in [0.29, 0.717) is 5.92 Å². The predicted octanol–water partition coefficient (Wildman–Crippen LogP) is 1.84. The van der Waals surface area contributed by atoms with Gasteiger partial charge < -0.3 is 5.32 Å². The molecule has 0 amide bonds. The summed E-state index contributed by atoms with van der Waals surface area (Å²) in [6.45, 7) is 7.30. The van der Waals surface area contributed by atoms with Crippen LogP contribution in [-0.4, -0.2) is 33.0 Å². The van der Waals surface area contributed by atoms with Crippen molar-refractivity contribution in [1.29, 1.82) is 0 Å². The summed E-state index contributed by atoms with van der Waals surface area (Å²) in [5, 5.41) is 3.31. The van der Waals surface area contributed by atoms with Crippen LogP contribution in [0.2, 0.25) is 0 Å². The fraction of sp³-hybridized carbons (Fsp3) is 1.00. The second-order valence-electron chi connectivity index (χ2n) is 4.49. The summed E-state index contributed by atoms with van der Waals surface area (Å²) in [6, 6.07) is 0.120. The Hall–Kier alpha value is -0.0900. The van der Waals surface area contributed by atoms with Crippen LogP contribution in [0.25, 0.3) is 0 Å².